The second kappa shape index (κ2) is 4.54. The Balaban J connectivity index is 1.83. The Hall–Kier alpha value is -1.97. The molecule has 1 atom stereocenters. The lowest BCUT2D eigenvalue weighted by Gasteiger charge is -2.13. The van der Waals surface area contributed by atoms with E-state index in [2.05, 4.69) is 23.5 Å². The van der Waals surface area contributed by atoms with Gasteiger partial charge in [-0.05, 0) is 48.2 Å². The van der Waals surface area contributed by atoms with Crippen LogP contribution >= 0.6 is 0 Å². The van der Waals surface area contributed by atoms with Crippen molar-refractivity contribution in [3.8, 4) is 0 Å². The van der Waals surface area contributed by atoms with Gasteiger partial charge in [0.25, 0.3) is 0 Å². The molecule has 1 N–H and O–H groups in total. The van der Waals surface area contributed by atoms with Crippen molar-refractivity contribution in [1.29, 1.82) is 0 Å². The molecule has 20 heavy (non-hydrogen) atoms. The number of anilines is 1. The van der Waals surface area contributed by atoms with E-state index in [1.54, 1.807) is 12.1 Å². The maximum Gasteiger partial charge on any atom is 0.416 e. The third-order valence-corrected chi connectivity index (χ3v) is 3.66. The molecule has 4 heteroatoms. The van der Waals surface area contributed by atoms with Crippen molar-refractivity contribution < 1.29 is 13.2 Å². The Morgan fingerprint density at radius 3 is 2.40 bits per heavy atom. The number of aryl methyl sites for hydroxylation is 1. The van der Waals surface area contributed by atoms with Crippen LogP contribution in [0.5, 0.6) is 0 Å². The van der Waals surface area contributed by atoms with E-state index >= 15 is 0 Å². The highest BCUT2D eigenvalue weighted by Crippen LogP contribution is 2.36. The molecule has 0 bridgehead atoms. The molecule has 1 unspecified atom stereocenters. The van der Waals surface area contributed by atoms with Gasteiger partial charge in [-0.1, -0.05) is 24.3 Å². The highest BCUT2D eigenvalue weighted by Gasteiger charge is 2.30. The van der Waals surface area contributed by atoms with Crippen molar-refractivity contribution >= 4 is 5.69 Å². The minimum atomic E-state index is -4.28. The number of hydrogen-bond donors (Lipinski definition) is 1. The van der Waals surface area contributed by atoms with E-state index in [9.17, 15) is 13.2 Å². The van der Waals surface area contributed by atoms with Gasteiger partial charge >= 0.3 is 6.18 Å². The van der Waals surface area contributed by atoms with Gasteiger partial charge in [0, 0.05) is 5.69 Å². The number of halogens is 3. The first-order valence-electron chi connectivity index (χ1n) is 6.47. The molecule has 0 saturated heterocycles. The lowest BCUT2D eigenvalue weighted by molar-refractivity contribution is -0.137. The molecule has 1 heterocycles. The van der Waals surface area contributed by atoms with Gasteiger partial charge in [-0.2, -0.15) is 13.2 Å². The lowest BCUT2D eigenvalue weighted by Crippen LogP contribution is -2.08. The van der Waals surface area contributed by atoms with Crippen molar-refractivity contribution in [3.63, 3.8) is 0 Å². The van der Waals surface area contributed by atoms with Crippen LogP contribution in [-0.2, 0) is 12.6 Å². The van der Waals surface area contributed by atoms with Crippen LogP contribution in [0.2, 0.25) is 0 Å². The van der Waals surface area contributed by atoms with Crippen molar-refractivity contribution in [3.05, 3.63) is 64.7 Å². The highest BCUT2D eigenvalue weighted by atomic mass is 19.4. The first-order chi connectivity index (χ1) is 9.43. The third kappa shape index (κ3) is 2.38. The highest BCUT2D eigenvalue weighted by molar-refractivity contribution is 5.59. The van der Waals surface area contributed by atoms with Gasteiger partial charge < -0.3 is 5.32 Å². The van der Waals surface area contributed by atoms with Gasteiger partial charge in [0.2, 0.25) is 0 Å². The maximum atomic E-state index is 12.5. The maximum absolute atomic E-state index is 12.5. The largest absolute Gasteiger partial charge is 0.416 e. The molecule has 2 aromatic rings. The van der Waals surface area contributed by atoms with Gasteiger partial charge in [0.1, 0.15) is 0 Å². The van der Waals surface area contributed by atoms with Crippen LogP contribution in [0.15, 0.2) is 42.5 Å². The summed E-state index contributed by atoms with van der Waals surface area (Å²) in [7, 11) is 0. The van der Waals surface area contributed by atoms with E-state index in [-0.39, 0.29) is 6.04 Å². The summed E-state index contributed by atoms with van der Waals surface area (Å²) in [5.41, 5.74) is 3.74. The summed E-state index contributed by atoms with van der Waals surface area (Å²) in [6.45, 7) is 2.02. The van der Waals surface area contributed by atoms with Crippen molar-refractivity contribution in [2.75, 3.05) is 5.32 Å². The number of benzene rings is 2. The average molecular weight is 277 g/mol. The Labute approximate surface area is 115 Å². The minimum absolute atomic E-state index is 0.0501. The molecule has 0 saturated carbocycles. The van der Waals surface area contributed by atoms with Crippen LogP contribution in [0.25, 0.3) is 0 Å². The first-order valence-corrected chi connectivity index (χ1v) is 6.47. The van der Waals surface area contributed by atoms with E-state index in [0.717, 1.165) is 29.8 Å². The molecule has 0 fully saturated rings. The Kier molecular flexibility index (Phi) is 2.96. The topological polar surface area (TPSA) is 12.0 Å². The lowest BCUT2D eigenvalue weighted by atomic mass is 10.0. The van der Waals surface area contributed by atoms with Gasteiger partial charge in [0.05, 0.1) is 11.6 Å². The van der Waals surface area contributed by atoms with E-state index < -0.39 is 11.7 Å². The molecule has 0 spiro atoms. The summed E-state index contributed by atoms with van der Waals surface area (Å²) in [4.78, 5) is 0. The molecular weight excluding hydrogens is 263 g/mol. The normalized spacial score (nSPS) is 17.7. The summed E-state index contributed by atoms with van der Waals surface area (Å²) in [5, 5.41) is 3.37. The third-order valence-electron chi connectivity index (χ3n) is 3.66. The average Bonchev–Trinajstić information content (AvgIpc) is 2.80. The molecule has 104 valence electrons. The molecule has 1 aliphatic rings. The van der Waals surface area contributed by atoms with Gasteiger partial charge in [-0.15, -0.1) is 0 Å². The fourth-order valence-corrected chi connectivity index (χ4v) is 2.57. The van der Waals surface area contributed by atoms with Gasteiger partial charge in [-0.3, -0.25) is 0 Å². The Morgan fingerprint density at radius 1 is 1.05 bits per heavy atom. The Bertz CT molecular complexity index is 629. The molecule has 0 aromatic heterocycles. The van der Waals surface area contributed by atoms with Gasteiger partial charge in [0.15, 0.2) is 0 Å². The zero-order valence-corrected chi connectivity index (χ0v) is 11.0. The van der Waals surface area contributed by atoms with Crippen molar-refractivity contribution in [2.45, 2.75) is 25.6 Å². The summed E-state index contributed by atoms with van der Waals surface area (Å²) >= 11 is 0. The second-order valence-electron chi connectivity index (χ2n) is 5.18. The van der Waals surface area contributed by atoms with Crippen LogP contribution in [0.3, 0.4) is 0 Å². The quantitative estimate of drug-likeness (QED) is 0.795. The summed E-state index contributed by atoms with van der Waals surface area (Å²) in [6, 6.07) is 11.6. The fraction of sp³-hybridized carbons (Fsp3) is 0.250. The number of hydrogen-bond acceptors (Lipinski definition) is 1. The molecule has 1 aliphatic heterocycles. The summed E-state index contributed by atoms with van der Waals surface area (Å²) < 4.78 is 37.6. The molecule has 1 nitrogen and oxygen atoms in total. The van der Waals surface area contributed by atoms with E-state index in [4.69, 9.17) is 0 Å². The zero-order valence-electron chi connectivity index (χ0n) is 11.0. The molecule has 0 amide bonds. The molecule has 3 rings (SSSR count). The number of fused-ring (bicyclic) bond motifs is 1. The van der Waals surface area contributed by atoms with Crippen LogP contribution < -0.4 is 5.32 Å². The predicted molar refractivity (Wildman–Crippen MR) is 72.7 cm³/mol. The van der Waals surface area contributed by atoms with Crippen molar-refractivity contribution in [2.24, 2.45) is 0 Å². The summed E-state index contributed by atoms with van der Waals surface area (Å²) in [6.07, 6.45) is -3.47. The number of nitrogens with one attached hydrogen (secondary N) is 1. The standard InChI is InChI=1S/C16H14F3N/c1-10-2-3-12-9-15(20-14(12)8-10)11-4-6-13(7-5-11)16(17,18)19/h2-8,15,20H,9H2,1H3. The van der Waals surface area contributed by atoms with E-state index in [1.165, 1.54) is 11.1 Å². The predicted octanol–water partition coefficient (Wildman–Crippen LogP) is 4.72. The molecule has 0 radical (unpaired) electrons. The van der Waals surface area contributed by atoms with E-state index in [1.807, 2.05) is 6.92 Å². The fourth-order valence-electron chi connectivity index (χ4n) is 2.57. The van der Waals surface area contributed by atoms with Gasteiger partial charge in [-0.25, -0.2) is 0 Å². The first kappa shape index (κ1) is 13.0. The minimum Gasteiger partial charge on any atom is -0.378 e. The van der Waals surface area contributed by atoms with Crippen LogP contribution in [0.1, 0.15) is 28.3 Å². The molecular formula is C16H14F3N. The van der Waals surface area contributed by atoms with Crippen LogP contribution in [0, 0.1) is 6.92 Å². The molecule has 2 aromatic carbocycles. The monoisotopic (exact) mass is 277 g/mol. The molecule has 0 aliphatic carbocycles. The number of alkyl halides is 3. The van der Waals surface area contributed by atoms with E-state index in [0.29, 0.717) is 0 Å². The zero-order chi connectivity index (χ0) is 14.3. The number of rotatable bonds is 1. The van der Waals surface area contributed by atoms with Crippen LogP contribution in [-0.4, -0.2) is 0 Å². The second-order valence-corrected chi connectivity index (χ2v) is 5.18. The van der Waals surface area contributed by atoms with Crippen molar-refractivity contribution in [1.82, 2.24) is 0 Å². The Morgan fingerprint density at radius 2 is 1.75 bits per heavy atom. The summed E-state index contributed by atoms with van der Waals surface area (Å²) in [5.74, 6) is 0. The van der Waals surface area contributed by atoms with Crippen LogP contribution in [0.4, 0.5) is 18.9 Å². The smallest absolute Gasteiger partial charge is 0.378 e. The SMILES string of the molecule is Cc1ccc2c(c1)NC(c1ccc(C(F)(F)F)cc1)C2.